The van der Waals surface area contributed by atoms with E-state index in [2.05, 4.69) is 5.32 Å². The number of hydrogen-bond donors (Lipinski definition) is 1. The van der Waals surface area contributed by atoms with Gasteiger partial charge >= 0.3 is 10.2 Å². The standard InChI is InChI=1S/C29H33Cl2FN4O4S/c1-4-17-33-29(38)27(18-21-11-6-5-7-12-21)35(19-22-23(30)13-10-14-24(22)31)28(37)20-36(41(39,40)34(2)3)26-16-9-8-15-25(26)32/h5-16,27H,4,17-20H2,1-3H3,(H,33,38)/t27-/m0/s1. The van der Waals surface area contributed by atoms with Crippen LogP contribution in [0.15, 0.2) is 72.8 Å². The molecule has 0 spiro atoms. The average molecular weight is 624 g/mol. The molecule has 0 aliphatic carbocycles. The second kappa shape index (κ2) is 14.6. The topological polar surface area (TPSA) is 90.0 Å². The van der Waals surface area contributed by atoms with Crippen LogP contribution in [-0.4, -0.2) is 62.7 Å². The van der Waals surface area contributed by atoms with E-state index >= 15 is 0 Å². The zero-order valence-corrected chi connectivity index (χ0v) is 25.4. The lowest BCUT2D eigenvalue weighted by atomic mass is 10.0. The molecule has 0 fully saturated rings. The van der Waals surface area contributed by atoms with Crippen molar-refractivity contribution in [3.05, 3.63) is 99.8 Å². The fraction of sp³-hybridized carbons (Fsp3) is 0.310. The van der Waals surface area contributed by atoms with E-state index in [1.807, 2.05) is 37.3 Å². The molecule has 0 unspecified atom stereocenters. The predicted molar refractivity (Wildman–Crippen MR) is 161 cm³/mol. The van der Waals surface area contributed by atoms with Crippen molar-refractivity contribution in [2.45, 2.75) is 32.4 Å². The maximum atomic E-state index is 14.9. The van der Waals surface area contributed by atoms with Crippen molar-refractivity contribution in [3.8, 4) is 0 Å². The lowest BCUT2D eigenvalue weighted by molar-refractivity contribution is -0.140. The van der Waals surface area contributed by atoms with Gasteiger partial charge in [0.05, 0.1) is 5.69 Å². The number of nitrogens with zero attached hydrogens (tertiary/aromatic N) is 3. The maximum Gasteiger partial charge on any atom is 0.304 e. The molecule has 41 heavy (non-hydrogen) atoms. The van der Waals surface area contributed by atoms with E-state index < -0.39 is 40.4 Å². The van der Waals surface area contributed by atoms with Gasteiger partial charge in [0.15, 0.2) is 0 Å². The van der Waals surface area contributed by atoms with Gasteiger partial charge in [-0.2, -0.15) is 12.7 Å². The van der Waals surface area contributed by atoms with E-state index in [1.54, 1.807) is 18.2 Å². The van der Waals surface area contributed by atoms with Gasteiger partial charge in [0.2, 0.25) is 11.8 Å². The summed E-state index contributed by atoms with van der Waals surface area (Å²) in [6.07, 6.45) is 0.792. The molecule has 3 aromatic carbocycles. The Morgan fingerprint density at radius 3 is 2.12 bits per heavy atom. The summed E-state index contributed by atoms with van der Waals surface area (Å²) >= 11 is 12.9. The van der Waals surface area contributed by atoms with Crippen LogP contribution in [0.2, 0.25) is 10.0 Å². The molecule has 0 saturated carbocycles. The lowest BCUT2D eigenvalue weighted by Crippen LogP contribution is -2.54. The number of hydrogen-bond acceptors (Lipinski definition) is 4. The van der Waals surface area contributed by atoms with Crippen molar-refractivity contribution in [1.82, 2.24) is 14.5 Å². The van der Waals surface area contributed by atoms with Gasteiger partial charge in [-0.3, -0.25) is 9.59 Å². The number of carbonyl (C=O) groups excluding carboxylic acids is 2. The van der Waals surface area contributed by atoms with Crippen molar-refractivity contribution in [2.24, 2.45) is 0 Å². The number of benzene rings is 3. The van der Waals surface area contributed by atoms with Crippen LogP contribution in [0.4, 0.5) is 10.1 Å². The van der Waals surface area contributed by atoms with E-state index in [9.17, 15) is 22.4 Å². The molecular formula is C29H33Cl2FN4O4S. The largest absolute Gasteiger partial charge is 0.354 e. The highest BCUT2D eigenvalue weighted by molar-refractivity contribution is 7.90. The van der Waals surface area contributed by atoms with E-state index in [-0.39, 0.29) is 28.7 Å². The molecule has 1 N–H and O–H groups in total. The molecule has 0 heterocycles. The van der Waals surface area contributed by atoms with Crippen molar-refractivity contribution < 1.29 is 22.4 Å². The quantitative estimate of drug-likeness (QED) is 0.293. The fourth-order valence-corrected chi connectivity index (χ4v) is 5.71. The monoisotopic (exact) mass is 622 g/mol. The zero-order chi connectivity index (χ0) is 30.2. The van der Waals surface area contributed by atoms with Gasteiger partial charge in [-0.15, -0.1) is 0 Å². The third kappa shape index (κ3) is 8.19. The van der Waals surface area contributed by atoms with E-state index in [0.29, 0.717) is 22.8 Å². The molecule has 8 nitrogen and oxygen atoms in total. The molecular weight excluding hydrogens is 590 g/mol. The number of carbonyl (C=O) groups is 2. The molecule has 0 aromatic heterocycles. The summed E-state index contributed by atoms with van der Waals surface area (Å²) in [5.74, 6) is -2.00. The highest BCUT2D eigenvalue weighted by Crippen LogP contribution is 2.28. The van der Waals surface area contributed by atoms with Crippen LogP contribution in [0.3, 0.4) is 0 Å². The Labute approximate surface area is 250 Å². The molecule has 0 aliphatic rings. The lowest BCUT2D eigenvalue weighted by Gasteiger charge is -2.34. The third-order valence-electron chi connectivity index (χ3n) is 6.35. The van der Waals surface area contributed by atoms with Crippen LogP contribution in [0.5, 0.6) is 0 Å². The molecule has 3 aromatic rings. The first-order chi connectivity index (χ1) is 19.5. The summed E-state index contributed by atoms with van der Waals surface area (Å²) in [6, 6.07) is 18.2. The highest BCUT2D eigenvalue weighted by Gasteiger charge is 2.36. The minimum Gasteiger partial charge on any atom is -0.354 e. The highest BCUT2D eigenvalue weighted by atomic mass is 35.5. The Morgan fingerprint density at radius 2 is 1.54 bits per heavy atom. The summed E-state index contributed by atoms with van der Waals surface area (Å²) in [5, 5.41) is 3.39. The van der Waals surface area contributed by atoms with E-state index in [4.69, 9.17) is 23.2 Å². The predicted octanol–water partition coefficient (Wildman–Crippen LogP) is 4.91. The molecule has 0 aliphatic heterocycles. The summed E-state index contributed by atoms with van der Waals surface area (Å²) in [6.45, 7) is 1.30. The van der Waals surface area contributed by atoms with Crippen molar-refractivity contribution in [2.75, 3.05) is 31.5 Å². The average Bonchev–Trinajstić information content (AvgIpc) is 2.94. The molecule has 0 bridgehead atoms. The van der Waals surface area contributed by atoms with Crippen molar-refractivity contribution in [1.29, 1.82) is 0 Å². The van der Waals surface area contributed by atoms with Crippen LogP contribution < -0.4 is 9.62 Å². The second-order valence-corrected chi connectivity index (χ2v) is 12.3. The molecule has 0 radical (unpaired) electrons. The van der Waals surface area contributed by atoms with Crippen LogP contribution in [0.25, 0.3) is 0 Å². The van der Waals surface area contributed by atoms with Crippen molar-refractivity contribution in [3.63, 3.8) is 0 Å². The number of rotatable bonds is 13. The van der Waals surface area contributed by atoms with Crippen LogP contribution in [0, 0.1) is 5.82 Å². The first kappa shape index (κ1) is 32.3. The molecule has 0 saturated heterocycles. The third-order valence-corrected chi connectivity index (χ3v) is 8.86. The van der Waals surface area contributed by atoms with Gasteiger partial charge in [-0.25, -0.2) is 8.70 Å². The Bertz CT molecular complexity index is 1440. The molecule has 220 valence electrons. The van der Waals surface area contributed by atoms with Gasteiger partial charge in [0.1, 0.15) is 18.4 Å². The number of amides is 2. The number of anilines is 1. The van der Waals surface area contributed by atoms with Crippen LogP contribution >= 0.6 is 23.2 Å². The number of halogens is 3. The normalized spacial score (nSPS) is 12.2. The molecule has 3 rings (SSSR count). The molecule has 2 amide bonds. The molecule has 1 atom stereocenters. The van der Waals surface area contributed by atoms with E-state index in [1.165, 1.54) is 37.2 Å². The first-order valence-corrected chi connectivity index (χ1v) is 15.1. The van der Waals surface area contributed by atoms with Crippen molar-refractivity contribution >= 4 is 50.9 Å². The summed E-state index contributed by atoms with van der Waals surface area (Å²) in [7, 11) is -1.76. The smallest absolute Gasteiger partial charge is 0.304 e. The number of nitrogens with one attached hydrogen (secondary N) is 1. The summed E-state index contributed by atoms with van der Waals surface area (Å²) in [4.78, 5) is 29.0. The zero-order valence-electron chi connectivity index (χ0n) is 23.1. The Balaban J connectivity index is 2.14. The van der Waals surface area contributed by atoms with Gasteiger partial charge in [0, 0.05) is 49.2 Å². The summed E-state index contributed by atoms with van der Waals surface area (Å²) < 4.78 is 43.2. The van der Waals surface area contributed by atoms with Gasteiger partial charge < -0.3 is 10.2 Å². The van der Waals surface area contributed by atoms with Crippen LogP contribution in [0.1, 0.15) is 24.5 Å². The Kier molecular flexibility index (Phi) is 11.5. The maximum absolute atomic E-state index is 14.9. The van der Waals surface area contributed by atoms with E-state index in [0.717, 1.165) is 15.9 Å². The number of para-hydroxylation sites is 1. The summed E-state index contributed by atoms with van der Waals surface area (Å²) in [5.41, 5.74) is 0.859. The Hall–Kier alpha value is -3.18. The first-order valence-electron chi connectivity index (χ1n) is 13.0. The molecule has 12 heteroatoms. The minimum absolute atomic E-state index is 0.129. The Morgan fingerprint density at radius 1 is 0.927 bits per heavy atom. The van der Waals surface area contributed by atoms with Crippen LogP contribution in [-0.2, 0) is 32.8 Å². The van der Waals surface area contributed by atoms with Gasteiger partial charge in [0.25, 0.3) is 0 Å². The minimum atomic E-state index is -4.32. The van der Waals surface area contributed by atoms with Gasteiger partial charge in [-0.05, 0) is 36.2 Å². The second-order valence-electron chi connectivity index (χ2n) is 9.47. The fourth-order valence-electron chi connectivity index (χ4n) is 4.13. The van der Waals surface area contributed by atoms with Gasteiger partial charge in [-0.1, -0.05) is 78.7 Å². The SMILES string of the molecule is CCCNC(=O)[C@H](Cc1ccccc1)N(Cc1c(Cl)cccc1Cl)C(=O)CN(c1ccccc1F)S(=O)(=O)N(C)C.